The molecule has 0 unspecified atom stereocenters. The number of piperidine rings is 1. The molecule has 2 aromatic heterocycles. The van der Waals surface area contributed by atoms with E-state index in [1.165, 1.54) is 4.68 Å². The van der Waals surface area contributed by atoms with E-state index in [9.17, 15) is 9.59 Å². The normalized spacial score (nSPS) is 17.7. The Balaban J connectivity index is 1.65. The maximum absolute atomic E-state index is 12.7. The molecule has 8 heteroatoms. The Labute approximate surface area is 145 Å². The van der Waals surface area contributed by atoms with E-state index >= 15 is 0 Å². The standard InChI is InChI=1S/C17H23N5O3/c1-11-14(12(2)19-18-11)8-16(23)21-6-3-4-13(9-21)15-5-7-22(20-15)10-17(24)25/h5,7,13H,3-4,6,8-10H2,1-2H3,(H,18,19)(H,24,25)/t13-/m1/s1. The van der Waals surface area contributed by atoms with Crippen molar-refractivity contribution < 1.29 is 14.7 Å². The number of carboxylic acids is 1. The number of rotatable bonds is 5. The Morgan fingerprint density at radius 3 is 2.88 bits per heavy atom. The quantitative estimate of drug-likeness (QED) is 0.849. The molecule has 2 aromatic rings. The largest absolute Gasteiger partial charge is 0.480 e. The number of aliphatic carboxylic acids is 1. The van der Waals surface area contributed by atoms with Crippen molar-refractivity contribution in [2.24, 2.45) is 0 Å². The van der Waals surface area contributed by atoms with Crippen molar-refractivity contribution in [3.8, 4) is 0 Å². The summed E-state index contributed by atoms with van der Waals surface area (Å²) in [6, 6.07) is 1.85. The highest BCUT2D eigenvalue weighted by Crippen LogP contribution is 2.26. The van der Waals surface area contributed by atoms with Gasteiger partial charge in [0.1, 0.15) is 6.54 Å². The number of H-pyrrole nitrogens is 1. The Kier molecular flexibility index (Phi) is 4.87. The maximum atomic E-state index is 12.7. The maximum Gasteiger partial charge on any atom is 0.325 e. The lowest BCUT2D eigenvalue weighted by Crippen LogP contribution is -2.40. The highest BCUT2D eigenvalue weighted by molar-refractivity contribution is 5.79. The highest BCUT2D eigenvalue weighted by Gasteiger charge is 2.27. The fourth-order valence-electron chi connectivity index (χ4n) is 3.36. The molecule has 0 radical (unpaired) electrons. The number of likely N-dealkylation sites (tertiary alicyclic amines) is 1. The summed E-state index contributed by atoms with van der Waals surface area (Å²) in [6.07, 6.45) is 3.92. The molecular weight excluding hydrogens is 322 g/mol. The van der Waals surface area contributed by atoms with Gasteiger partial charge < -0.3 is 10.0 Å². The molecule has 25 heavy (non-hydrogen) atoms. The topological polar surface area (TPSA) is 104 Å². The molecule has 0 bridgehead atoms. The average molecular weight is 345 g/mol. The van der Waals surface area contributed by atoms with Crippen LogP contribution in [0.3, 0.4) is 0 Å². The van der Waals surface area contributed by atoms with Crippen molar-refractivity contribution in [2.45, 2.75) is 45.6 Å². The smallest absolute Gasteiger partial charge is 0.325 e. The van der Waals surface area contributed by atoms with Crippen molar-refractivity contribution >= 4 is 11.9 Å². The molecule has 0 spiro atoms. The molecule has 1 saturated heterocycles. The average Bonchev–Trinajstić information content (AvgIpc) is 3.16. The number of nitrogens with zero attached hydrogens (tertiary/aromatic N) is 4. The molecular formula is C17H23N5O3. The van der Waals surface area contributed by atoms with Gasteiger partial charge in [-0.05, 0) is 32.8 Å². The van der Waals surface area contributed by atoms with E-state index in [1.807, 2.05) is 24.8 Å². The molecule has 1 aliphatic rings. The van der Waals surface area contributed by atoms with Gasteiger partial charge in [-0.2, -0.15) is 10.2 Å². The summed E-state index contributed by atoms with van der Waals surface area (Å²) in [7, 11) is 0. The van der Waals surface area contributed by atoms with Gasteiger partial charge in [-0.15, -0.1) is 0 Å². The number of nitrogens with one attached hydrogen (secondary N) is 1. The lowest BCUT2D eigenvalue weighted by atomic mass is 9.94. The van der Waals surface area contributed by atoms with Crippen molar-refractivity contribution in [1.29, 1.82) is 0 Å². The van der Waals surface area contributed by atoms with E-state index in [0.717, 1.165) is 42.0 Å². The second-order valence-corrected chi connectivity index (χ2v) is 6.60. The van der Waals surface area contributed by atoms with Crippen molar-refractivity contribution in [3.05, 3.63) is 34.9 Å². The molecule has 0 saturated carbocycles. The number of carbonyl (C=O) groups is 2. The fourth-order valence-corrected chi connectivity index (χ4v) is 3.36. The summed E-state index contributed by atoms with van der Waals surface area (Å²) in [5.41, 5.74) is 3.63. The molecule has 1 fully saturated rings. The van der Waals surface area contributed by atoms with Crippen LogP contribution in [0.2, 0.25) is 0 Å². The molecule has 2 N–H and O–H groups in total. The molecule has 134 valence electrons. The number of amides is 1. The predicted octanol–water partition coefficient (Wildman–Crippen LogP) is 1.26. The third-order valence-corrected chi connectivity index (χ3v) is 4.76. The first-order valence-electron chi connectivity index (χ1n) is 8.47. The van der Waals surface area contributed by atoms with Crippen molar-refractivity contribution in [2.75, 3.05) is 13.1 Å². The van der Waals surface area contributed by atoms with E-state index in [4.69, 9.17) is 5.11 Å². The molecule has 8 nitrogen and oxygen atoms in total. The van der Waals surface area contributed by atoms with Crippen LogP contribution in [0.15, 0.2) is 12.3 Å². The summed E-state index contributed by atoms with van der Waals surface area (Å²) in [5.74, 6) is -0.664. The molecule has 3 heterocycles. The van der Waals surface area contributed by atoms with Crippen LogP contribution in [0.5, 0.6) is 0 Å². The van der Waals surface area contributed by atoms with Crippen LogP contribution in [-0.4, -0.2) is 55.0 Å². The zero-order valence-corrected chi connectivity index (χ0v) is 14.5. The van der Waals surface area contributed by atoms with Crippen molar-refractivity contribution in [3.63, 3.8) is 0 Å². The van der Waals surface area contributed by atoms with Crippen LogP contribution < -0.4 is 0 Å². The van der Waals surface area contributed by atoms with Crippen LogP contribution in [-0.2, 0) is 22.6 Å². The Bertz CT molecular complexity index is 760. The van der Waals surface area contributed by atoms with Gasteiger partial charge in [0.25, 0.3) is 0 Å². The van der Waals surface area contributed by atoms with Gasteiger partial charge in [0.15, 0.2) is 0 Å². The minimum atomic E-state index is -0.916. The van der Waals surface area contributed by atoms with E-state index in [-0.39, 0.29) is 18.4 Å². The molecule has 0 aromatic carbocycles. The number of aryl methyl sites for hydroxylation is 2. The third-order valence-electron chi connectivity index (χ3n) is 4.76. The van der Waals surface area contributed by atoms with Gasteiger partial charge in [0, 0.05) is 36.5 Å². The van der Waals surface area contributed by atoms with Crippen LogP contribution in [0.25, 0.3) is 0 Å². The van der Waals surface area contributed by atoms with Gasteiger partial charge in [-0.1, -0.05) is 0 Å². The Morgan fingerprint density at radius 2 is 2.20 bits per heavy atom. The Hall–Kier alpha value is -2.64. The van der Waals surface area contributed by atoms with Crippen LogP contribution in [0.4, 0.5) is 0 Å². The summed E-state index contributed by atoms with van der Waals surface area (Å²) in [6.45, 7) is 5.06. The number of carboxylic acid groups (broad SMARTS) is 1. The van der Waals surface area contributed by atoms with Crippen LogP contribution in [0, 0.1) is 13.8 Å². The first-order valence-corrected chi connectivity index (χ1v) is 8.47. The molecule has 0 aliphatic carbocycles. The van der Waals surface area contributed by atoms with Gasteiger partial charge in [-0.3, -0.25) is 19.4 Å². The fraction of sp³-hybridized carbons (Fsp3) is 0.529. The van der Waals surface area contributed by atoms with Gasteiger partial charge in [0.05, 0.1) is 17.8 Å². The second-order valence-electron chi connectivity index (χ2n) is 6.60. The number of carbonyl (C=O) groups excluding carboxylic acids is 1. The zero-order valence-electron chi connectivity index (χ0n) is 14.5. The van der Waals surface area contributed by atoms with Crippen LogP contribution >= 0.6 is 0 Å². The Morgan fingerprint density at radius 1 is 1.40 bits per heavy atom. The predicted molar refractivity (Wildman–Crippen MR) is 90.2 cm³/mol. The van der Waals surface area contributed by atoms with E-state index in [1.54, 1.807) is 6.20 Å². The number of aromatic nitrogens is 4. The number of hydrogen-bond acceptors (Lipinski definition) is 4. The second kappa shape index (κ2) is 7.08. The van der Waals surface area contributed by atoms with E-state index in [0.29, 0.717) is 13.0 Å². The molecule has 1 aliphatic heterocycles. The SMILES string of the molecule is Cc1n[nH]c(C)c1CC(=O)N1CCC[C@@H](c2ccn(CC(=O)O)n2)C1. The van der Waals surface area contributed by atoms with Crippen molar-refractivity contribution in [1.82, 2.24) is 24.9 Å². The third kappa shape index (κ3) is 3.89. The lowest BCUT2D eigenvalue weighted by Gasteiger charge is -2.32. The molecule has 1 amide bonds. The van der Waals surface area contributed by atoms with E-state index in [2.05, 4.69) is 15.3 Å². The summed E-state index contributed by atoms with van der Waals surface area (Å²) in [4.78, 5) is 25.3. The minimum Gasteiger partial charge on any atom is -0.480 e. The summed E-state index contributed by atoms with van der Waals surface area (Å²) < 4.78 is 1.43. The first-order chi connectivity index (χ1) is 11.9. The number of aromatic amines is 1. The van der Waals surface area contributed by atoms with Gasteiger partial charge in [0.2, 0.25) is 5.91 Å². The minimum absolute atomic E-state index is 0.0993. The van der Waals surface area contributed by atoms with Crippen LogP contribution in [0.1, 0.15) is 41.4 Å². The summed E-state index contributed by atoms with van der Waals surface area (Å²) in [5, 5.41) is 20.3. The number of hydrogen-bond donors (Lipinski definition) is 2. The highest BCUT2D eigenvalue weighted by atomic mass is 16.4. The molecule has 3 rings (SSSR count). The van der Waals surface area contributed by atoms with Gasteiger partial charge >= 0.3 is 5.97 Å². The molecule has 1 atom stereocenters. The first kappa shape index (κ1) is 17.2. The summed E-state index contributed by atoms with van der Waals surface area (Å²) >= 11 is 0. The lowest BCUT2D eigenvalue weighted by molar-refractivity contribution is -0.138. The van der Waals surface area contributed by atoms with E-state index < -0.39 is 5.97 Å². The monoisotopic (exact) mass is 345 g/mol. The zero-order chi connectivity index (χ0) is 18.0. The van der Waals surface area contributed by atoms with Gasteiger partial charge in [-0.25, -0.2) is 0 Å².